The van der Waals surface area contributed by atoms with E-state index in [-0.39, 0.29) is 0 Å². The summed E-state index contributed by atoms with van der Waals surface area (Å²) >= 11 is 3.35. The number of phenols is 1. The van der Waals surface area contributed by atoms with Crippen molar-refractivity contribution in [3.63, 3.8) is 0 Å². The molecule has 0 aliphatic heterocycles. The zero-order valence-corrected chi connectivity index (χ0v) is 12.9. The van der Waals surface area contributed by atoms with Crippen LogP contribution in [0.4, 0.5) is 0 Å². The fraction of sp³-hybridized carbons (Fsp3) is 0.571. The quantitative estimate of drug-likeness (QED) is 0.838. The maximum atomic E-state index is 10.0. The predicted molar refractivity (Wildman–Crippen MR) is 77.8 cm³/mol. The van der Waals surface area contributed by atoms with Gasteiger partial charge in [0.2, 0.25) is 0 Å². The molecule has 0 radical (unpaired) electrons. The first-order valence-corrected chi connectivity index (χ1v) is 7.01. The molecule has 0 aliphatic rings. The Morgan fingerprint density at radius 3 is 2.72 bits per heavy atom. The maximum absolute atomic E-state index is 10.0. The Bertz CT molecular complexity index is 369. The van der Waals surface area contributed by atoms with Gasteiger partial charge in [0.05, 0.1) is 11.1 Å². The van der Waals surface area contributed by atoms with Gasteiger partial charge < -0.3 is 9.84 Å². The predicted octanol–water partition coefficient (Wildman–Crippen LogP) is 3.26. The van der Waals surface area contributed by atoms with E-state index in [1.165, 1.54) is 0 Å². The summed E-state index contributed by atoms with van der Waals surface area (Å²) in [5.41, 5.74) is 0.945. The minimum Gasteiger partial charge on any atom is -0.506 e. The highest BCUT2D eigenvalue weighted by Crippen LogP contribution is 2.28. The maximum Gasteiger partial charge on any atom is 0.134 e. The van der Waals surface area contributed by atoms with Crippen LogP contribution in [0.5, 0.6) is 5.75 Å². The molecule has 0 unspecified atom stereocenters. The lowest BCUT2D eigenvalue weighted by Gasteiger charge is -2.24. The molecule has 0 saturated heterocycles. The van der Waals surface area contributed by atoms with Crippen LogP contribution in [-0.4, -0.2) is 36.8 Å². The van der Waals surface area contributed by atoms with Gasteiger partial charge in [0.15, 0.2) is 0 Å². The van der Waals surface area contributed by atoms with Crippen LogP contribution in [0, 0.1) is 5.92 Å². The van der Waals surface area contributed by atoms with Crippen LogP contribution in [0.3, 0.4) is 0 Å². The summed E-state index contributed by atoms with van der Waals surface area (Å²) in [4.78, 5) is 2.30. The Kier molecular flexibility index (Phi) is 6.68. The molecule has 0 spiro atoms. The van der Waals surface area contributed by atoms with Gasteiger partial charge in [0.25, 0.3) is 0 Å². The third-order valence-corrected chi connectivity index (χ3v) is 3.34. The highest BCUT2D eigenvalue weighted by Gasteiger charge is 2.11. The number of ether oxygens (including phenoxy) is 1. The van der Waals surface area contributed by atoms with Crippen molar-refractivity contribution in [2.75, 3.05) is 26.8 Å². The van der Waals surface area contributed by atoms with Crippen molar-refractivity contribution in [3.05, 3.63) is 28.2 Å². The lowest BCUT2D eigenvalue weighted by atomic mass is 10.1. The van der Waals surface area contributed by atoms with Crippen molar-refractivity contribution >= 4 is 15.9 Å². The normalized spacial score (nSPS) is 11.4. The second-order valence-electron chi connectivity index (χ2n) is 4.87. The molecule has 0 bridgehead atoms. The third-order valence-electron chi connectivity index (χ3n) is 2.70. The number of hydrogen-bond donors (Lipinski definition) is 1. The monoisotopic (exact) mass is 315 g/mol. The molecule has 0 fully saturated rings. The number of rotatable bonds is 7. The number of phenolic OH excluding ortho intramolecular Hbond substituents is 1. The molecule has 102 valence electrons. The van der Waals surface area contributed by atoms with Gasteiger partial charge in [-0.2, -0.15) is 0 Å². The van der Waals surface area contributed by atoms with Crippen LogP contribution in [0.2, 0.25) is 0 Å². The summed E-state index contributed by atoms with van der Waals surface area (Å²) in [6, 6.07) is 5.75. The van der Waals surface area contributed by atoms with E-state index in [0.29, 0.717) is 18.3 Å². The molecule has 0 atom stereocenters. The summed E-state index contributed by atoms with van der Waals surface area (Å²) in [6.45, 7) is 7.71. The second kappa shape index (κ2) is 7.77. The Labute approximate surface area is 118 Å². The molecule has 0 amide bonds. The van der Waals surface area contributed by atoms with Gasteiger partial charge in [-0.25, -0.2) is 0 Å². The first-order valence-electron chi connectivity index (χ1n) is 6.22. The van der Waals surface area contributed by atoms with Crippen LogP contribution in [0.25, 0.3) is 0 Å². The molecule has 1 aromatic carbocycles. The molecular weight excluding hydrogens is 294 g/mol. The smallest absolute Gasteiger partial charge is 0.134 e. The molecule has 3 nitrogen and oxygen atoms in total. The number of methoxy groups -OCH3 is 1. The fourth-order valence-electron chi connectivity index (χ4n) is 1.90. The van der Waals surface area contributed by atoms with Crippen molar-refractivity contribution in [2.45, 2.75) is 20.4 Å². The molecule has 0 saturated carbocycles. The van der Waals surface area contributed by atoms with Crippen molar-refractivity contribution in [1.29, 1.82) is 0 Å². The van der Waals surface area contributed by atoms with Crippen molar-refractivity contribution in [2.24, 2.45) is 5.92 Å². The Balaban J connectivity index is 2.72. The highest BCUT2D eigenvalue weighted by molar-refractivity contribution is 9.10. The number of benzene rings is 1. The average Bonchev–Trinajstić information content (AvgIpc) is 2.31. The molecule has 0 aliphatic carbocycles. The molecular formula is C14H22BrNO2. The summed E-state index contributed by atoms with van der Waals surface area (Å²) in [5, 5.41) is 10.0. The van der Waals surface area contributed by atoms with Crippen molar-refractivity contribution < 1.29 is 9.84 Å². The third kappa shape index (κ3) is 4.96. The van der Waals surface area contributed by atoms with Gasteiger partial charge in [-0.15, -0.1) is 0 Å². The Morgan fingerprint density at radius 2 is 2.11 bits per heavy atom. The molecule has 0 aromatic heterocycles. The van der Waals surface area contributed by atoms with Gasteiger partial charge in [-0.1, -0.05) is 26.0 Å². The van der Waals surface area contributed by atoms with Gasteiger partial charge >= 0.3 is 0 Å². The zero-order valence-electron chi connectivity index (χ0n) is 11.3. The Morgan fingerprint density at radius 1 is 1.39 bits per heavy atom. The lowest BCUT2D eigenvalue weighted by Crippen LogP contribution is -2.30. The second-order valence-corrected chi connectivity index (χ2v) is 5.72. The topological polar surface area (TPSA) is 32.7 Å². The van der Waals surface area contributed by atoms with Gasteiger partial charge in [-0.05, 0) is 27.9 Å². The van der Waals surface area contributed by atoms with Crippen LogP contribution >= 0.6 is 15.9 Å². The summed E-state index contributed by atoms with van der Waals surface area (Å²) in [6.07, 6.45) is 0. The van der Waals surface area contributed by atoms with Crippen LogP contribution in [0.1, 0.15) is 19.4 Å². The standard InChI is InChI=1S/C14H22BrNO2/c1-11(2)9-16(7-8-18-3)10-12-5-4-6-13(15)14(12)17/h4-6,11,17H,7-10H2,1-3H3. The van der Waals surface area contributed by atoms with Crippen molar-refractivity contribution in [1.82, 2.24) is 4.90 Å². The van der Waals surface area contributed by atoms with Gasteiger partial charge in [0, 0.05) is 32.3 Å². The zero-order chi connectivity index (χ0) is 13.5. The minimum absolute atomic E-state index is 0.337. The Hall–Kier alpha value is -0.580. The molecule has 1 aromatic rings. The van der Waals surface area contributed by atoms with E-state index in [2.05, 4.69) is 34.7 Å². The van der Waals surface area contributed by atoms with Gasteiger partial charge in [-0.3, -0.25) is 4.90 Å². The van der Waals surface area contributed by atoms with E-state index in [4.69, 9.17) is 4.74 Å². The first-order chi connectivity index (χ1) is 8.54. The largest absolute Gasteiger partial charge is 0.506 e. The molecule has 1 rings (SSSR count). The molecule has 1 N–H and O–H groups in total. The number of hydrogen-bond acceptors (Lipinski definition) is 3. The number of halogens is 1. The van der Waals surface area contributed by atoms with E-state index in [1.54, 1.807) is 7.11 Å². The summed E-state index contributed by atoms with van der Waals surface area (Å²) in [5.74, 6) is 0.930. The van der Waals surface area contributed by atoms with E-state index in [1.807, 2.05) is 18.2 Å². The minimum atomic E-state index is 0.337. The molecule has 0 heterocycles. The van der Waals surface area contributed by atoms with Gasteiger partial charge in [0.1, 0.15) is 5.75 Å². The summed E-state index contributed by atoms with van der Waals surface area (Å²) < 4.78 is 5.88. The van der Waals surface area contributed by atoms with E-state index in [9.17, 15) is 5.11 Å². The van der Waals surface area contributed by atoms with Crippen LogP contribution in [-0.2, 0) is 11.3 Å². The summed E-state index contributed by atoms with van der Waals surface area (Å²) in [7, 11) is 1.71. The van der Waals surface area contributed by atoms with E-state index >= 15 is 0 Å². The van der Waals surface area contributed by atoms with Crippen molar-refractivity contribution in [3.8, 4) is 5.75 Å². The molecule has 18 heavy (non-hydrogen) atoms. The van der Waals surface area contributed by atoms with E-state index < -0.39 is 0 Å². The van der Waals surface area contributed by atoms with Crippen LogP contribution < -0.4 is 0 Å². The van der Waals surface area contributed by atoms with E-state index in [0.717, 1.165) is 29.7 Å². The number of para-hydroxylation sites is 1. The SMILES string of the molecule is COCCN(Cc1cccc(Br)c1O)CC(C)C. The number of nitrogens with zero attached hydrogens (tertiary/aromatic N) is 1. The molecule has 4 heteroatoms. The average molecular weight is 316 g/mol. The lowest BCUT2D eigenvalue weighted by molar-refractivity contribution is 0.135. The first kappa shape index (κ1) is 15.5. The highest BCUT2D eigenvalue weighted by atomic mass is 79.9. The fourth-order valence-corrected chi connectivity index (χ4v) is 2.31. The van der Waals surface area contributed by atoms with Crippen LogP contribution in [0.15, 0.2) is 22.7 Å². The number of aromatic hydroxyl groups is 1.